The summed E-state index contributed by atoms with van der Waals surface area (Å²) >= 11 is 0. The minimum atomic E-state index is -1.23. The molecule has 6 N–H and O–H groups in total. The zero-order valence-electron chi connectivity index (χ0n) is 9.97. The van der Waals surface area contributed by atoms with Crippen LogP contribution in [0.1, 0.15) is 26.7 Å². The van der Waals surface area contributed by atoms with Crippen LogP contribution in [-0.2, 0) is 14.4 Å². The Labute approximate surface area is 99.5 Å². The number of rotatable bonds is 7. The molecule has 0 aliphatic carbocycles. The van der Waals surface area contributed by atoms with Gasteiger partial charge in [0.15, 0.2) is 0 Å². The van der Waals surface area contributed by atoms with Crippen LogP contribution in [0.3, 0.4) is 0 Å². The molecule has 0 unspecified atom stereocenters. The van der Waals surface area contributed by atoms with E-state index in [-0.39, 0.29) is 5.92 Å². The second kappa shape index (κ2) is 6.85. The Morgan fingerprint density at radius 2 is 1.88 bits per heavy atom. The van der Waals surface area contributed by atoms with Crippen LogP contribution in [0.15, 0.2) is 0 Å². The number of carbonyl (C=O) groups excluding carboxylic acids is 2. The lowest BCUT2D eigenvalue weighted by atomic mass is 9.99. The van der Waals surface area contributed by atoms with Crippen LogP contribution in [-0.4, -0.2) is 35.0 Å². The molecule has 0 heterocycles. The van der Waals surface area contributed by atoms with Crippen LogP contribution in [0, 0.1) is 5.92 Å². The molecule has 0 spiro atoms. The fourth-order valence-electron chi connectivity index (χ4n) is 1.18. The van der Waals surface area contributed by atoms with Crippen LogP contribution in [0.5, 0.6) is 0 Å². The zero-order valence-corrected chi connectivity index (χ0v) is 9.97. The molecule has 0 aliphatic rings. The van der Waals surface area contributed by atoms with Crippen molar-refractivity contribution in [1.82, 2.24) is 5.32 Å². The van der Waals surface area contributed by atoms with Gasteiger partial charge in [-0.15, -0.1) is 0 Å². The number of hydrogen-bond donors (Lipinski definition) is 4. The van der Waals surface area contributed by atoms with Crippen molar-refractivity contribution in [2.24, 2.45) is 17.4 Å². The van der Waals surface area contributed by atoms with E-state index in [2.05, 4.69) is 5.32 Å². The predicted octanol–water partition coefficient (Wildman–Crippen LogP) is -1.20. The average molecular weight is 245 g/mol. The topological polar surface area (TPSA) is 136 Å². The third kappa shape index (κ3) is 5.30. The van der Waals surface area contributed by atoms with Crippen molar-refractivity contribution in [3.63, 3.8) is 0 Å². The number of amides is 2. The molecular weight excluding hydrogens is 226 g/mol. The SMILES string of the molecule is CC[C@H](C)[C@H](N)C(=O)N[C@@H](CC(=O)O)C(N)=O. The number of primary amides is 1. The molecule has 0 aliphatic heterocycles. The number of nitrogens with one attached hydrogen (secondary N) is 1. The first kappa shape index (κ1) is 15.4. The fourth-order valence-corrected chi connectivity index (χ4v) is 1.18. The van der Waals surface area contributed by atoms with E-state index < -0.39 is 36.3 Å². The summed E-state index contributed by atoms with van der Waals surface area (Å²) in [5.41, 5.74) is 10.6. The summed E-state index contributed by atoms with van der Waals surface area (Å²) in [6.45, 7) is 3.67. The van der Waals surface area contributed by atoms with E-state index in [1.165, 1.54) is 0 Å². The van der Waals surface area contributed by atoms with Gasteiger partial charge in [0.2, 0.25) is 11.8 Å². The van der Waals surface area contributed by atoms with Crippen molar-refractivity contribution in [3.05, 3.63) is 0 Å². The Kier molecular flexibility index (Phi) is 6.19. The van der Waals surface area contributed by atoms with E-state index in [1.54, 1.807) is 6.92 Å². The van der Waals surface area contributed by atoms with E-state index in [9.17, 15) is 14.4 Å². The van der Waals surface area contributed by atoms with Crippen LogP contribution < -0.4 is 16.8 Å². The van der Waals surface area contributed by atoms with Gasteiger partial charge >= 0.3 is 5.97 Å². The molecule has 0 radical (unpaired) electrons. The lowest BCUT2D eigenvalue weighted by Crippen LogP contribution is -2.52. The summed E-state index contributed by atoms with van der Waals surface area (Å²) in [7, 11) is 0. The van der Waals surface area contributed by atoms with Gasteiger partial charge in [0.05, 0.1) is 12.5 Å². The van der Waals surface area contributed by atoms with Gasteiger partial charge in [-0.1, -0.05) is 20.3 Å². The Balaban J connectivity index is 4.50. The van der Waals surface area contributed by atoms with Gasteiger partial charge < -0.3 is 21.9 Å². The van der Waals surface area contributed by atoms with Gasteiger partial charge in [-0.05, 0) is 5.92 Å². The largest absolute Gasteiger partial charge is 0.481 e. The third-order valence-corrected chi connectivity index (χ3v) is 2.60. The molecule has 0 bridgehead atoms. The molecule has 0 fully saturated rings. The van der Waals surface area contributed by atoms with Gasteiger partial charge in [-0.3, -0.25) is 14.4 Å². The Hall–Kier alpha value is -1.63. The molecule has 0 aromatic heterocycles. The predicted molar refractivity (Wildman–Crippen MR) is 60.8 cm³/mol. The van der Waals surface area contributed by atoms with Crippen molar-refractivity contribution >= 4 is 17.8 Å². The summed E-state index contributed by atoms with van der Waals surface area (Å²) in [4.78, 5) is 33.0. The third-order valence-electron chi connectivity index (χ3n) is 2.60. The van der Waals surface area contributed by atoms with E-state index in [0.29, 0.717) is 6.42 Å². The molecule has 7 nitrogen and oxygen atoms in total. The summed E-state index contributed by atoms with van der Waals surface area (Å²) in [6, 6.07) is -2.01. The van der Waals surface area contributed by atoms with Crippen LogP contribution in [0.4, 0.5) is 0 Å². The number of carbonyl (C=O) groups is 3. The highest BCUT2D eigenvalue weighted by atomic mass is 16.4. The average Bonchev–Trinajstić information content (AvgIpc) is 2.25. The van der Waals surface area contributed by atoms with Crippen molar-refractivity contribution in [3.8, 4) is 0 Å². The number of nitrogens with two attached hydrogens (primary N) is 2. The first-order chi connectivity index (χ1) is 7.79. The van der Waals surface area contributed by atoms with E-state index in [4.69, 9.17) is 16.6 Å². The molecule has 0 aromatic rings. The Morgan fingerprint density at radius 1 is 1.35 bits per heavy atom. The second-order valence-electron chi connectivity index (χ2n) is 3.97. The number of aliphatic carboxylic acids is 1. The van der Waals surface area contributed by atoms with Crippen molar-refractivity contribution in [2.75, 3.05) is 0 Å². The minimum absolute atomic E-state index is 0.0617. The summed E-state index contributed by atoms with van der Waals surface area (Å²) < 4.78 is 0. The number of carboxylic acid groups (broad SMARTS) is 1. The summed E-state index contributed by atoms with van der Waals surface area (Å²) in [5.74, 6) is -2.74. The van der Waals surface area contributed by atoms with Crippen molar-refractivity contribution in [1.29, 1.82) is 0 Å². The van der Waals surface area contributed by atoms with Gasteiger partial charge in [-0.25, -0.2) is 0 Å². The second-order valence-corrected chi connectivity index (χ2v) is 3.97. The first-order valence-corrected chi connectivity index (χ1v) is 5.36. The zero-order chi connectivity index (χ0) is 13.6. The number of carboxylic acids is 1. The maximum atomic E-state index is 11.6. The number of hydrogen-bond acceptors (Lipinski definition) is 4. The minimum Gasteiger partial charge on any atom is -0.481 e. The van der Waals surface area contributed by atoms with Gasteiger partial charge in [0, 0.05) is 0 Å². The van der Waals surface area contributed by atoms with Gasteiger partial charge in [0.1, 0.15) is 6.04 Å². The van der Waals surface area contributed by atoms with Crippen molar-refractivity contribution < 1.29 is 19.5 Å². The lowest BCUT2D eigenvalue weighted by Gasteiger charge is -2.20. The standard InChI is InChI=1S/C10H19N3O4/c1-3-5(2)8(11)10(17)13-6(9(12)16)4-7(14)15/h5-6,8H,3-4,11H2,1-2H3,(H2,12,16)(H,13,17)(H,14,15)/t5-,6-,8-/m0/s1. The molecule has 7 heteroatoms. The molecule has 3 atom stereocenters. The molecule has 0 aromatic carbocycles. The molecule has 17 heavy (non-hydrogen) atoms. The monoisotopic (exact) mass is 245 g/mol. The smallest absolute Gasteiger partial charge is 0.305 e. The molecule has 98 valence electrons. The van der Waals surface area contributed by atoms with Gasteiger partial charge in [0.25, 0.3) is 0 Å². The molecule has 2 amide bonds. The van der Waals surface area contributed by atoms with Gasteiger partial charge in [-0.2, -0.15) is 0 Å². The maximum absolute atomic E-state index is 11.6. The Morgan fingerprint density at radius 3 is 2.24 bits per heavy atom. The molecular formula is C10H19N3O4. The van der Waals surface area contributed by atoms with E-state index in [1.807, 2.05) is 6.92 Å². The Bertz CT molecular complexity index is 306. The normalized spacial score (nSPS) is 15.7. The summed E-state index contributed by atoms with van der Waals surface area (Å²) in [6.07, 6.45) is 0.156. The molecule has 0 saturated carbocycles. The van der Waals surface area contributed by atoms with E-state index >= 15 is 0 Å². The van der Waals surface area contributed by atoms with E-state index in [0.717, 1.165) is 0 Å². The summed E-state index contributed by atoms with van der Waals surface area (Å²) in [5, 5.41) is 10.8. The van der Waals surface area contributed by atoms with Crippen LogP contribution in [0.2, 0.25) is 0 Å². The first-order valence-electron chi connectivity index (χ1n) is 5.36. The highest BCUT2D eigenvalue weighted by Gasteiger charge is 2.26. The van der Waals surface area contributed by atoms with Crippen molar-refractivity contribution in [2.45, 2.75) is 38.8 Å². The van der Waals surface area contributed by atoms with Crippen LogP contribution in [0.25, 0.3) is 0 Å². The lowest BCUT2D eigenvalue weighted by molar-refractivity contribution is -0.140. The maximum Gasteiger partial charge on any atom is 0.305 e. The fraction of sp³-hybridized carbons (Fsp3) is 0.700. The molecule has 0 rings (SSSR count). The molecule has 0 saturated heterocycles. The quantitative estimate of drug-likeness (QED) is 0.447. The highest BCUT2D eigenvalue weighted by molar-refractivity contribution is 5.91. The van der Waals surface area contributed by atoms with Crippen LogP contribution >= 0.6 is 0 Å². The highest BCUT2D eigenvalue weighted by Crippen LogP contribution is 2.05.